The normalized spacial score (nSPS) is 10.6. The van der Waals surface area contributed by atoms with Gasteiger partial charge in [0.1, 0.15) is 18.0 Å². The van der Waals surface area contributed by atoms with Crippen LogP contribution in [0.1, 0.15) is 18.1 Å². The number of aryl methyl sites for hydroxylation is 2. The highest BCUT2D eigenvalue weighted by Gasteiger charge is 2.13. The number of carbonyl (C=O) groups excluding carboxylic acids is 1. The van der Waals surface area contributed by atoms with E-state index in [-0.39, 0.29) is 24.3 Å². The van der Waals surface area contributed by atoms with Gasteiger partial charge in [0.25, 0.3) is 11.1 Å². The lowest BCUT2D eigenvalue weighted by Gasteiger charge is -2.13. The van der Waals surface area contributed by atoms with Crippen LogP contribution in [-0.4, -0.2) is 47.6 Å². The molecule has 4 rings (SSSR count). The van der Waals surface area contributed by atoms with E-state index in [4.69, 9.17) is 19.3 Å². The van der Waals surface area contributed by atoms with Gasteiger partial charge in [0.2, 0.25) is 0 Å². The molecule has 0 radical (unpaired) electrons. The van der Waals surface area contributed by atoms with E-state index in [9.17, 15) is 14.4 Å². The minimum Gasteiger partial charge on any atom is -0.496 e. The molecule has 0 atom stereocenters. The van der Waals surface area contributed by atoms with Crippen LogP contribution in [0.25, 0.3) is 21.8 Å². The Kier molecular flexibility index (Phi) is 9.08. The Morgan fingerprint density at radius 2 is 1.30 bits per heavy atom. The van der Waals surface area contributed by atoms with Gasteiger partial charge in [-0.3, -0.25) is 19.0 Å². The van der Waals surface area contributed by atoms with E-state index in [1.165, 1.54) is 23.8 Å². The molecule has 2 heterocycles. The van der Waals surface area contributed by atoms with Gasteiger partial charge in [0, 0.05) is 29.4 Å². The first kappa shape index (κ1) is 27.5. The van der Waals surface area contributed by atoms with E-state index >= 15 is 0 Å². The number of aromatic nitrogens is 2. The summed E-state index contributed by atoms with van der Waals surface area (Å²) in [6.07, 6.45) is 0. The summed E-state index contributed by atoms with van der Waals surface area (Å²) in [5.74, 6) is 0.645. The average Bonchev–Trinajstić information content (AvgIpc) is 2.87. The van der Waals surface area contributed by atoms with Crippen molar-refractivity contribution in [3.8, 4) is 11.5 Å². The van der Waals surface area contributed by atoms with Crippen molar-refractivity contribution in [1.82, 2.24) is 9.13 Å². The Balaban J connectivity index is 0.000000208. The molecule has 0 saturated carbocycles. The minimum absolute atomic E-state index is 0.0602. The van der Waals surface area contributed by atoms with Gasteiger partial charge in [0.15, 0.2) is 0 Å². The monoisotopic (exact) mass is 508 g/mol. The van der Waals surface area contributed by atoms with Crippen molar-refractivity contribution in [1.29, 1.82) is 0 Å². The van der Waals surface area contributed by atoms with Crippen LogP contribution in [-0.2, 0) is 22.6 Å². The molecule has 1 N–H and O–H groups in total. The topological polar surface area (TPSA) is 109 Å². The molecular formula is C28H32N2O7. The smallest absolute Gasteiger partial charge is 0.326 e. The Labute approximate surface area is 214 Å². The lowest BCUT2D eigenvalue weighted by atomic mass is 10.1. The van der Waals surface area contributed by atoms with Gasteiger partial charge in [-0.2, -0.15) is 0 Å². The largest absolute Gasteiger partial charge is 0.496 e. The molecule has 9 nitrogen and oxygen atoms in total. The van der Waals surface area contributed by atoms with Gasteiger partial charge < -0.3 is 23.9 Å². The van der Waals surface area contributed by atoms with Crippen LogP contribution in [0.3, 0.4) is 0 Å². The molecule has 9 heteroatoms. The predicted octanol–water partition coefficient (Wildman–Crippen LogP) is 3.19. The zero-order valence-corrected chi connectivity index (χ0v) is 21.7. The molecule has 0 amide bonds. The number of benzene rings is 2. The van der Waals surface area contributed by atoms with E-state index in [0.29, 0.717) is 30.2 Å². The molecule has 0 unspecified atom stereocenters. The number of hydrogen-bond donors (Lipinski definition) is 1. The third kappa shape index (κ3) is 6.18. The number of nitrogens with zero attached hydrogens (tertiary/aromatic N) is 2. The van der Waals surface area contributed by atoms with Gasteiger partial charge in [-0.1, -0.05) is 12.1 Å². The van der Waals surface area contributed by atoms with Crippen LogP contribution in [0.4, 0.5) is 0 Å². The standard InChI is InChI=1S/C15H17NO4.C13H15NO3/c1-4-20-15(18)9-16-12-7-10(2)5-6-11(12)13(19-3)8-14(16)17;1-9-3-4-10-11(7-9)14(5-6-15)13(16)8-12(10)17-2/h5-8H,4,9H2,1-3H3;3-4,7-8,15H,5-6H2,1-2H3. The number of aliphatic hydroxyl groups is 1. The van der Waals surface area contributed by atoms with Crippen molar-refractivity contribution < 1.29 is 24.1 Å². The molecule has 0 aliphatic heterocycles. The van der Waals surface area contributed by atoms with Crippen molar-refractivity contribution in [2.75, 3.05) is 27.4 Å². The average molecular weight is 509 g/mol. The van der Waals surface area contributed by atoms with Crippen molar-refractivity contribution in [2.45, 2.75) is 33.9 Å². The molecule has 4 aromatic rings. The molecule has 37 heavy (non-hydrogen) atoms. The number of esters is 1. The molecule has 0 bridgehead atoms. The van der Waals surface area contributed by atoms with E-state index < -0.39 is 5.97 Å². The summed E-state index contributed by atoms with van der Waals surface area (Å²) in [6.45, 7) is 6.05. The third-order valence-electron chi connectivity index (χ3n) is 5.82. The number of fused-ring (bicyclic) bond motifs is 2. The number of rotatable bonds is 7. The van der Waals surface area contributed by atoms with Gasteiger partial charge >= 0.3 is 5.97 Å². The highest BCUT2D eigenvalue weighted by molar-refractivity contribution is 5.87. The minimum atomic E-state index is -0.428. The second-order valence-corrected chi connectivity index (χ2v) is 8.41. The Morgan fingerprint density at radius 3 is 1.76 bits per heavy atom. The Hall–Kier alpha value is -4.11. The molecule has 2 aromatic heterocycles. The highest BCUT2D eigenvalue weighted by atomic mass is 16.5. The number of methoxy groups -OCH3 is 2. The number of carbonyl (C=O) groups is 1. The summed E-state index contributed by atoms with van der Waals surface area (Å²) in [5.41, 5.74) is 3.09. The maximum atomic E-state index is 12.1. The summed E-state index contributed by atoms with van der Waals surface area (Å²) in [4.78, 5) is 35.7. The zero-order valence-electron chi connectivity index (χ0n) is 21.7. The summed E-state index contributed by atoms with van der Waals surface area (Å²) < 4.78 is 18.3. The first-order valence-electron chi connectivity index (χ1n) is 11.9. The molecule has 0 spiro atoms. The first-order chi connectivity index (χ1) is 17.7. The van der Waals surface area contributed by atoms with E-state index in [0.717, 1.165) is 27.4 Å². The second kappa shape index (κ2) is 12.2. The maximum absolute atomic E-state index is 12.1. The van der Waals surface area contributed by atoms with Gasteiger partial charge in [0.05, 0.1) is 38.5 Å². The summed E-state index contributed by atoms with van der Waals surface area (Å²) in [7, 11) is 3.06. The molecule has 0 fully saturated rings. The van der Waals surface area contributed by atoms with Crippen molar-refractivity contribution in [2.24, 2.45) is 0 Å². The summed E-state index contributed by atoms with van der Waals surface area (Å²) in [6, 6.07) is 14.3. The molecule has 0 saturated heterocycles. The number of hydrogen-bond acceptors (Lipinski definition) is 7. The quantitative estimate of drug-likeness (QED) is 0.382. The number of pyridine rings is 2. The lowest BCUT2D eigenvalue weighted by molar-refractivity contribution is -0.143. The first-order valence-corrected chi connectivity index (χ1v) is 11.9. The molecule has 0 aliphatic rings. The van der Waals surface area contributed by atoms with E-state index in [2.05, 4.69) is 0 Å². The van der Waals surface area contributed by atoms with Crippen molar-refractivity contribution in [3.63, 3.8) is 0 Å². The molecular weight excluding hydrogens is 476 g/mol. The molecule has 196 valence electrons. The van der Waals surface area contributed by atoms with Gasteiger partial charge in [-0.15, -0.1) is 0 Å². The Morgan fingerprint density at radius 1 is 0.811 bits per heavy atom. The van der Waals surface area contributed by atoms with Crippen LogP contribution in [0.2, 0.25) is 0 Å². The summed E-state index contributed by atoms with van der Waals surface area (Å²) in [5, 5.41) is 10.7. The van der Waals surface area contributed by atoms with Crippen molar-refractivity contribution in [3.05, 3.63) is 80.4 Å². The zero-order chi connectivity index (χ0) is 27.1. The number of ether oxygens (including phenoxy) is 3. The molecule has 2 aromatic carbocycles. The fourth-order valence-electron chi connectivity index (χ4n) is 4.09. The van der Waals surface area contributed by atoms with Gasteiger partial charge in [-0.05, 0) is 56.2 Å². The fourth-order valence-corrected chi connectivity index (χ4v) is 4.09. The highest BCUT2D eigenvalue weighted by Crippen LogP contribution is 2.25. The second-order valence-electron chi connectivity index (χ2n) is 8.41. The van der Waals surface area contributed by atoms with Gasteiger partial charge in [-0.25, -0.2) is 0 Å². The third-order valence-corrected chi connectivity index (χ3v) is 5.82. The lowest BCUT2D eigenvalue weighted by Crippen LogP contribution is -2.25. The van der Waals surface area contributed by atoms with Crippen molar-refractivity contribution >= 4 is 27.8 Å². The predicted molar refractivity (Wildman–Crippen MR) is 143 cm³/mol. The fraction of sp³-hybridized carbons (Fsp3) is 0.321. The number of aliphatic hydroxyl groups excluding tert-OH is 1. The molecule has 0 aliphatic carbocycles. The Bertz CT molecular complexity index is 1540. The SMILES string of the molecule is CCOC(=O)Cn1c(=O)cc(OC)c2ccc(C)cc21.COc1cc(=O)n(CCO)c2cc(C)ccc12. The van der Waals surface area contributed by atoms with Crippen LogP contribution in [0.5, 0.6) is 11.5 Å². The van der Waals surface area contributed by atoms with Crippen LogP contribution in [0.15, 0.2) is 58.1 Å². The van der Waals surface area contributed by atoms with Crippen LogP contribution < -0.4 is 20.6 Å². The van der Waals surface area contributed by atoms with Crippen LogP contribution in [0, 0.1) is 13.8 Å². The van der Waals surface area contributed by atoms with E-state index in [1.54, 1.807) is 18.6 Å². The maximum Gasteiger partial charge on any atom is 0.326 e. The summed E-state index contributed by atoms with van der Waals surface area (Å²) >= 11 is 0. The van der Waals surface area contributed by atoms with Crippen LogP contribution >= 0.6 is 0 Å². The van der Waals surface area contributed by atoms with E-state index in [1.807, 2.05) is 50.2 Å².